The van der Waals surface area contributed by atoms with Gasteiger partial charge in [0.25, 0.3) is 0 Å². The molecule has 19 heavy (non-hydrogen) atoms. The second kappa shape index (κ2) is 4.63. The molecule has 0 N–H and O–H groups in total. The van der Waals surface area contributed by atoms with E-state index < -0.39 is 0 Å². The molecular formula is C17H12BN. The Morgan fingerprint density at radius 1 is 0.789 bits per heavy atom. The van der Waals surface area contributed by atoms with Crippen LogP contribution in [0.5, 0.6) is 0 Å². The van der Waals surface area contributed by atoms with Crippen LogP contribution in [0.1, 0.15) is 5.56 Å². The van der Waals surface area contributed by atoms with Crippen LogP contribution >= 0.6 is 0 Å². The van der Waals surface area contributed by atoms with Crippen molar-refractivity contribution in [1.29, 1.82) is 5.26 Å². The lowest BCUT2D eigenvalue weighted by Gasteiger charge is -2.08. The molecule has 0 atom stereocenters. The topological polar surface area (TPSA) is 23.8 Å². The van der Waals surface area contributed by atoms with Gasteiger partial charge in [-0.2, -0.15) is 5.26 Å². The van der Waals surface area contributed by atoms with Gasteiger partial charge in [-0.25, -0.2) is 0 Å². The number of nitrogens with zero attached hydrogens (tertiary/aromatic N) is 1. The maximum Gasteiger partial charge on any atom is 0.139 e. The van der Waals surface area contributed by atoms with Crippen LogP contribution in [0.25, 0.3) is 21.9 Å². The number of fused-ring (bicyclic) bond motifs is 1. The van der Waals surface area contributed by atoms with Gasteiger partial charge >= 0.3 is 0 Å². The molecule has 0 amide bonds. The molecule has 0 aromatic heterocycles. The zero-order valence-corrected chi connectivity index (χ0v) is 10.7. The molecule has 0 saturated heterocycles. The Labute approximate surface area is 113 Å². The average molecular weight is 241 g/mol. The van der Waals surface area contributed by atoms with Crippen molar-refractivity contribution in [2.45, 2.75) is 0 Å². The standard InChI is InChI=1S/C17H12BN/c18-14-8-5-12(6-9-14)16-10-7-13(11-19)15-3-1-2-4-17(15)16/h1-10H,18H2. The summed E-state index contributed by atoms with van der Waals surface area (Å²) in [5, 5.41) is 11.3. The highest BCUT2D eigenvalue weighted by Gasteiger charge is 2.06. The lowest BCUT2D eigenvalue weighted by molar-refractivity contribution is 1.50. The highest BCUT2D eigenvalue weighted by molar-refractivity contribution is 6.32. The first kappa shape index (κ1) is 11.6. The molecule has 88 valence electrons. The van der Waals surface area contributed by atoms with Crippen LogP contribution in [0.2, 0.25) is 0 Å². The smallest absolute Gasteiger partial charge is 0.139 e. The van der Waals surface area contributed by atoms with Gasteiger partial charge < -0.3 is 0 Å². The molecule has 0 aliphatic heterocycles. The fourth-order valence-electron chi connectivity index (χ4n) is 2.38. The van der Waals surface area contributed by atoms with Crippen LogP contribution < -0.4 is 5.46 Å². The predicted molar refractivity (Wildman–Crippen MR) is 82.3 cm³/mol. The van der Waals surface area contributed by atoms with Crippen molar-refractivity contribution in [3.63, 3.8) is 0 Å². The molecule has 0 saturated carbocycles. The fourth-order valence-corrected chi connectivity index (χ4v) is 2.38. The molecule has 0 radical (unpaired) electrons. The summed E-state index contributed by atoms with van der Waals surface area (Å²) in [6.45, 7) is 0. The largest absolute Gasteiger partial charge is 0.192 e. The molecule has 0 aliphatic rings. The lowest BCUT2D eigenvalue weighted by Crippen LogP contribution is -1.99. The Balaban J connectivity index is 2.31. The van der Waals surface area contributed by atoms with E-state index in [4.69, 9.17) is 0 Å². The van der Waals surface area contributed by atoms with Crippen LogP contribution in [0, 0.1) is 11.3 Å². The summed E-state index contributed by atoms with van der Waals surface area (Å²) in [5.74, 6) is 0. The van der Waals surface area contributed by atoms with E-state index >= 15 is 0 Å². The summed E-state index contributed by atoms with van der Waals surface area (Å²) in [6.07, 6.45) is 0. The van der Waals surface area contributed by atoms with E-state index in [-0.39, 0.29) is 0 Å². The SMILES string of the molecule is Bc1ccc(-c2ccc(C#N)c3ccccc23)cc1. The Morgan fingerprint density at radius 2 is 1.47 bits per heavy atom. The third-order valence-electron chi connectivity index (χ3n) is 3.41. The minimum atomic E-state index is 0.728. The molecule has 3 aromatic rings. The molecule has 0 aliphatic carbocycles. The molecule has 0 fully saturated rings. The van der Waals surface area contributed by atoms with Gasteiger partial charge in [-0.05, 0) is 22.6 Å². The number of rotatable bonds is 1. The van der Waals surface area contributed by atoms with Gasteiger partial charge in [0, 0.05) is 5.39 Å². The number of hydrogen-bond acceptors (Lipinski definition) is 1. The van der Waals surface area contributed by atoms with Crippen molar-refractivity contribution in [1.82, 2.24) is 0 Å². The molecule has 0 bridgehead atoms. The molecule has 3 aromatic carbocycles. The first-order valence-corrected chi connectivity index (χ1v) is 6.28. The summed E-state index contributed by atoms with van der Waals surface area (Å²) in [7, 11) is 2.08. The maximum atomic E-state index is 9.18. The summed E-state index contributed by atoms with van der Waals surface area (Å²) >= 11 is 0. The van der Waals surface area contributed by atoms with Crippen molar-refractivity contribution in [2.75, 3.05) is 0 Å². The van der Waals surface area contributed by atoms with Crippen LogP contribution in [0.3, 0.4) is 0 Å². The number of hydrogen-bond donors (Lipinski definition) is 0. The maximum absolute atomic E-state index is 9.18. The predicted octanol–water partition coefficient (Wildman–Crippen LogP) is 2.64. The van der Waals surface area contributed by atoms with E-state index in [0.29, 0.717) is 0 Å². The van der Waals surface area contributed by atoms with Gasteiger partial charge in [0.2, 0.25) is 0 Å². The van der Waals surface area contributed by atoms with E-state index in [2.05, 4.69) is 44.2 Å². The van der Waals surface area contributed by atoms with E-state index in [9.17, 15) is 5.26 Å². The highest BCUT2D eigenvalue weighted by atomic mass is 14.2. The minimum absolute atomic E-state index is 0.728. The van der Waals surface area contributed by atoms with Crippen molar-refractivity contribution in [2.24, 2.45) is 0 Å². The molecule has 2 heteroatoms. The average Bonchev–Trinajstić information content (AvgIpc) is 2.47. The normalized spacial score (nSPS) is 10.3. The van der Waals surface area contributed by atoms with Gasteiger partial charge in [0.15, 0.2) is 0 Å². The van der Waals surface area contributed by atoms with Crippen LogP contribution in [0.15, 0.2) is 60.7 Å². The molecule has 0 unspecified atom stereocenters. The van der Waals surface area contributed by atoms with Crippen molar-refractivity contribution in [3.8, 4) is 17.2 Å². The zero-order chi connectivity index (χ0) is 13.2. The Hall–Kier alpha value is -2.53. The van der Waals surface area contributed by atoms with E-state index in [0.717, 1.165) is 16.3 Å². The van der Waals surface area contributed by atoms with Gasteiger partial charge in [-0.1, -0.05) is 60.1 Å². The molecule has 0 heterocycles. The molecule has 1 nitrogen and oxygen atoms in total. The highest BCUT2D eigenvalue weighted by Crippen LogP contribution is 2.30. The summed E-state index contributed by atoms with van der Waals surface area (Å²) in [6, 6.07) is 22.7. The first-order valence-electron chi connectivity index (χ1n) is 6.28. The van der Waals surface area contributed by atoms with E-state index in [1.807, 2.05) is 30.3 Å². The third-order valence-corrected chi connectivity index (χ3v) is 3.41. The Kier molecular flexibility index (Phi) is 2.81. The van der Waals surface area contributed by atoms with Gasteiger partial charge in [-0.3, -0.25) is 0 Å². The lowest BCUT2D eigenvalue weighted by atomic mass is 9.91. The number of nitriles is 1. The third kappa shape index (κ3) is 2.00. The minimum Gasteiger partial charge on any atom is -0.192 e. The Bertz CT molecular complexity index is 782. The summed E-state index contributed by atoms with van der Waals surface area (Å²) in [5.41, 5.74) is 4.34. The quantitative estimate of drug-likeness (QED) is 0.601. The summed E-state index contributed by atoms with van der Waals surface area (Å²) < 4.78 is 0. The van der Waals surface area contributed by atoms with E-state index in [1.165, 1.54) is 16.6 Å². The Morgan fingerprint density at radius 3 is 2.16 bits per heavy atom. The molecular weight excluding hydrogens is 229 g/mol. The fraction of sp³-hybridized carbons (Fsp3) is 0. The van der Waals surface area contributed by atoms with Gasteiger partial charge in [0.05, 0.1) is 11.6 Å². The van der Waals surface area contributed by atoms with Crippen molar-refractivity contribution >= 4 is 24.1 Å². The first-order chi connectivity index (χ1) is 9.29. The zero-order valence-electron chi connectivity index (χ0n) is 10.7. The second-order valence-electron chi connectivity index (χ2n) is 4.68. The van der Waals surface area contributed by atoms with Crippen molar-refractivity contribution < 1.29 is 0 Å². The summed E-state index contributed by atoms with van der Waals surface area (Å²) in [4.78, 5) is 0. The monoisotopic (exact) mass is 241 g/mol. The van der Waals surface area contributed by atoms with Crippen LogP contribution in [-0.2, 0) is 0 Å². The van der Waals surface area contributed by atoms with E-state index in [1.54, 1.807) is 0 Å². The molecule has 3 rings (SSSR count). The van der Waals surface area contributed by atoms with Crippen LogP contribution in [-0.4, -0.2) is 7.85 Å². The number of benzene rings is 3. The van der Waals surface area contributed by atoms with Gasteiger partial charge in [-0.15, -0.1) is 0 Å². The van der Waals surface area contributed by atoms with Gasteiger partial charge in [0.1, 0.15) is 7.85 Å². The molecule has 0 spiro atoms. The van der Waals surface area contributed by atoms with Crippen molar-refractivity contribution in [3.05, 3.63) is 66.2 Å². The second-order valence-corrected chi connectivity index (χ2v) is 4.68. The van der Waals surface area contributed by atoms with Crippen LogP contribution in [0.4, 0.5) is 0 Å².